The molecule has 190 valence electrons. The van der Waals surface area contributed by atoms with E-state index in [9.17, 15) is 9.59 Å². The molecule has 0 bridgehead atoms. The number of para-hydroxylation sites is 1. The van der Waals surface area contributed by atoms with Crippen LogP contribution in [-0.4, -0.2) is 40.9 Å². The van der Waals surface area contributed by atoms with Gasteiger partial charge in [0.1, 0.15) is 5.69 Å². The lowest BCUT2D eigenvalue weighted by Gasteiger charge is -2.31. The first-order chi connectivity index (χ1) is 18.0. The lowest BCUT2D eigenvalue weighted by atomic mass is 9.95. The van der Waals surface area contributed by atoms with E-state index in [1.807, 2.05) is 53.4 Å². The molecule has 0 atom stereocenters. The summed E-state index contributed by atoms with van der Waals surface area (Å²) in [5.41, 5.74) is 5.25. The van der Waals surface area contributed by atoms with Gasteiger partial charge in [0.25, 0.3) is 5.91 Å². The zero-order valence-corrected chi connectivity index (χ0v) is 21.9. The van der Waals surface area contributed by atoms with Gasteiger partial charge in [-0.15, -0.1) is 0 Å². The summed E-state index contributed by atoms with van der Waals surface area (Å²) in [5, 5.41) is 4.83. The predicted molar refractivity (Wildman–Crippen MR) is 149 cm³/mol. The molecule has 0 spiro atoms. The number of likely N-dealkylation sites (tertiary alicyclic amines) is 1. The van der Waals surface area contributed by atoms with Gasteiger partial charge < -0.3 is 14.8 Å². The first-order valence-corrected chi connectivity index (χ1v) is 13.3. The standard InChI is InChI=1S/C31H32ClN3O2/c1-22-6-8-23(9-7-22)14-17-33-30(36)25-15-18-34(19-16-25)31(37)29-20-26-4-2-3-5-28(26)35(29)21-24-10-12-27(32)13-11-24/h2-13,20,25H,14-19,21H2,1H3,(H,33,36). The van der Waals surface area contributed by atoms with Gasteiger partial charge in [-0.05, 0) is 61.6 Å². The van der Waals surface area contributed by atoms with Crippen molar-refractivity contribution in [1.29, 1.82) is 0 Å². The fourth-order valence-corrected chi connectivity index (χ4v) is 5.19. The largest absolute Gasteiger partial charge is 0.356 e. The van der Waals surface area contributed by atoms with Gasteiger partial charge in [0.15, 0.2) is 0 Å². The van der Waals surface area contributed by atoms with Crippen molar-refractivity contribution in [3.05, 3.63) is 106 Å². The fraction of sp³-hybridized carbons (Fsp3) is 0.290. The summed E-state index contributed by atoms with van der Waals surface area (Å²) >= 11 is 6.07. The molecule has 2 heterocycles. The van der Waals surface area contributed by atoms with Gasteiger partial charge in [0.05, 0.1) is 0 Å². The first-order valence-electron chi connectivity index (χ1n) is 12.9. The van der Waals surface area contributed by atoms with E-state index < -0.39 is 0 Å². The lowest BCUT2D eigenvalue weighted by molar-refractivity contribution is -0.126. The molecule has 0 saturated carbocycles. The molecule has 2 amide bonds. The van der Waals surface area contributed by atoms with Crippen molar-refractivity contribution in [2.45, 2.75) is 32.7 Å². The molecule has 1 aliphatic rings. The van der Waals surface area contributed by atoms with Crippen LogP contribution in [0.15, 0.2) is 78.9 Å². The van der Waals surface area contributed by atoms with Gasteiger partial charge in [0.2, 0.25) is 5.91 Å². The number of hydrogen-bond donors (Lipinski definition) is 1. The molecule has 5 rings (SSSR count). The van der Waals surface area contributed by atoms with Crippen LogP contribution in [-0.2, 0) is 17.8 Å². The van der Waals surface area contributed by atoms with Gasteiger partial charge in [0, 0.05) is 48.0 Å². The van der Waals surface area contributed by atoms with Gasteiger partial charge in [-0.2, -0.15) is 0 Å². The molecule has 1 N–H and O–H groups in total. The second-order valence-electron chi connectivity index (χ2n) is 9.89. The normalized spacial score (nSPS) is 14.2. The van der Waals surface area contributed by atoms with Crippen LogP contribution >= 0.6 is 11.6 Å². The van der Waals surface area contributed by atoms with Crippen molar-refractivity contribution in [1.82, 2.24) is 14.8 Å². The van der Waals surface area contributed by atoms with Crippen LogP contribution in [0.25, 0.3) is 10.9 Å². The highest BCUT2D eigenvalue weighted by Crippen LogP contribution is 2.25. The number of benzene rings is 3. The minimum atomic E-state index is -0.0537. The summed E-state index contributed by atoms with van der Waals surface area (Å²) in [6.45, 7) is 4.45. The number of halogens is 1. The summed E-state index contributed by atoms with van der Waals surface area (Å²) < 4.78 is 2.09. The Kier molecular flexibility index (Phi) is 7.61. The number of nitrogens with one attached hydrogen (secondary N) is 1. The molecule has 0 unspecified atom stereocenters. The third-order valence-electron chi connectivity index (χ3n) is 7.27. The summed E-state index contributed by atoms with van der Waals surface area (Å²) in [7, 11) is 0. The number of nitrogens with zero attached hydrogens (tertiary/aromatic N) is 2. The maximum absolute atomic E-state index is 13.6. The van der Waals surface area contributed by atoms with E-state index in [0.29, 0.717) is 49.7 Å². The second kappa shape index (κ2) is 11.2. The SMILES string of the molecule is Cc1ccc(CCNC(=O)C2CCN(C(=O)c3cc4ccccc4n3Cc3ccc(Cl)cc3)CC2)cc1. The topological polar surface area (TPSA) is 54.3 Å². The van der Waals surface area contributed by atoms with Gasteiger partial charge in [-0.25, -0.2) is 0 Å². The first kappa shape index (κ1) is 25.1. The molecule has 6 heteroatoms. The van der Waals surface area contributed by atoms with E-state index in [1.54, 1.807) is 0 Å². The number of fused-ring (bicyclic) bond motifs is 1. The number of piperidine rings is 1. The zero-order valence-electron chi connectivity index (χ0n) is 21.1. The van der Waals surface area contributed by atoms with Crippen LogP contribution in [0.5, 0.6) is 0 Å². The Morgan fingerprint density at radius 2 is 1.59 bits per heavy atom. The van der Waals surface area contributed by atoms with Crippen molar-refractivity contribution in [2.75, 3.05) is 19.6 Å². The van der Waals surface area contributed by atoms with Crippen molar-refractivity contribution in [3.63, 3.8) is 0 Å². The van der Waals surface area contributed by atoms with Crippen LogP contribution < -0.4 is 5.32 Å². The smallest absolute Gasteiger partial charge is 0.270 e. The Balaban J connectivity index is 1.22. The number of amides is 2. The van der Waals surface area contributed by atoms with Crippen LogP contribution in [0.4, 0.5) is 0 Å². The van der Waals surface area contributed by atoms with Crippen LogP contribution in [0, 0.1) is 12.8 Å². The maximum Gasteiger partial charge on any atom is 0.270 e. The van der Waals surface area contributed by atoms with Gasteiger partial charge >= 0.3 is 0 Å². The monoisotopic (exact) mass is 513 g/mol. The fourth-order valence-electron chi connectivity index (χ4n) is 5.07. The highest BCUT2D eigenvalue weighted by atomic mass is 35.5. The van der Waals surface area contributed by atoms with E-state index in [2.05, 4.69) is 47.1 Å². The Morgan fingerprint density at radius 1 is 0.919 bits per heavy atom. The summed E-state index contributed by atoms with van der Waals surface area (Å²) in [6.07, 6.45) is 2.18. The highest BCUT2D eigenvalue weighted by molar-refractivity contribution is 6.30. The molecule has 1 aliphatic heterocycles. The number of aryl methyl sites for hydroxylation is 1. The number of hydrogen-bond acceptors (Lipinski definition) is 2. The molecule has 1 fully saturated rings. The van der Waals surface area contributed by atoms with Crippen molar-refractivity contribution >= 4 is 34.3 Å². The Labute approximate surface area is 223 Å². The molecule has 3 aromatic carbocycles. The average molecular weight is 514 g/mol. The minimum absolute atomic E-state index is 0.0170. The van der Waals surface area contributed by atoms with E-state index >= 15 is 0 Å². The molecular weight excluding hydrogens is 482 g/mol. The predicted octanol–water partition coefficient (Wildman–Crippen LogP) is 5.86. The van der Waals surface area contributed by atoms with Gasteiger partial charge in [-0.1, -0.05) is 71.8 Å². The van der Waals surface area contributed by atoms with E-state index in [0.717, 1.165) is 22.9 Å². The third kappa shape index (κ3) is 5.89. The average Bonchev–Trinajstić information content (AvgIpc) is 3.29. The van der Waals surface area contributed by atoms with E-state index in [-0.39, 0.29) is 17.7 Å². The van der Waals surface area contributed by atoms with Gasteiger partial charge in [-0.3, -0.25) is 9.59 Å². The maximum atomic E-state index is 13.6. The van der Waals surface area contributed by atoms with Crippen molar-refractivity contribution in [2.24, 2.45) is 5.92 Å². The Bertz CT molecular complexity index is 1380. The highest BCUT2D eigenvalue weighted by Gasteiger charge is 2.29. The molecule has 37 heavy (non-hydrogen) atoms. The Hall–Kier alpha value is -3.57. The third-order valence-corrected chi connectivity index (χ3v) is 7.52. The molecule has 5 nitrogen and oxygen atoms in total. The molecule has 0 radical (unpaired) electrons. The van der Waals surface area contributed by atoms with Crippen molar-refractivity contribution in [3.8, 4) is 0 Å². The molecule has 0 aliphatic carbocycles. The summed E-state index contributed by atoms with van der Waals surface area (Å²) in [5.74, 6) is 0.0569. The van der Waals surface area contributed by atoms with Crippen molar-refractivity contribution < 1.29 is 9.59 Å². The molecule has 1 aromatic heterocycles. The minimum Gasteiger partial charge on any atom is -0.356 e. The lowest BCUT2D eigenvalue weighted by Crippen LogP contribution is -2.43. The summed E-state index contributed by atoms with van der Waals surface area (Å²) in [6, 6.07) is 26.2. The van der Waals surface area contributed by atoms with E-state index in [4.69, 9.17) is 11.6 Å². The zero-order chi connectivity index (χ0) is 25.8. The molecular formula is C31H32ClN3O2. The second-order valence-corrected chi connectivity index (χ2v) is 10.3. The summed E-state index contributed by atoms with van der Waals surface area (Å²) in [4.78, 5) is 28.3. The van der Waals surface area contributed by atoms with Crippen LogP contribution in [0.1, 0.15) is 40.0 Å². The number of rotatable bonds is 7. The number of carbonyl (C=O) groups is 2. The Morgan fingerprint density at radius 3 is 2.32 bits per heavy atom. The quantitative estimate of drug-likeness (QED) is 0.336. The van der Waals surface area contributed by atoms with E-state index in [1.165, 1.54) is 11.1 Å². The molecule has 4 aromatic rings. The van der Waals surface area contributed by atoms with Crippen LogP contribution in [0.2, 0.25) is 5.02 Å². The number of carbonyl (C=O) groups excluding carboxylic acids is 2. The van der Waals surface area contributed by atoms with Crippen LogP contribution in [0.3, 0.4) is 0 Å². The molecule has 1 saturated heterocycles. The number of aromatic nitrogens is 1.